The Labute approximate surface area is 116 Å². The molecular formula is C14H13ClN4. The summed E-state index contributed by atoms with van der Waals surface area (Å²) in [4.78, 5) is 0. The lowest BCUT2D eigenvalue weighted by Crippen LogP contribution is -2.15. The van der Waals surface area contributed by atoms with Crippen LogP contribution in [0, 0.1) is 11.3 Å². The monoisotopic (exact) mass is 272 g/mol. The van der Waals surface area contributed by atoms with Gasteiger partial charge in [-0.05, 0) is 30.5 Å². The van der Waals surface area contributed by atoms with Crippen molar-refractivity contribution in [3.8, 4) is 11.8 Å². The van der Waals surface area contributed by atoms with Crippen molar-refractivity contribution in [3.05, 3.63) is 46.7 Å². The number of hydrogen-bond donors (Lipinski definition) is 1. The lowest BCUT2D eigenvalue weighted by molar-refractivity contribution is 0.687. The Morgan fingerprint density at radius 2 is 2.32 bits per heavy atom. The van der Waals surface area contributed by atoms with Crippen LogP contribution in [0.1, 0.15) is 24.0 Å². The summed E-state index contributed by atoms with van der Waals surface area (Å²) in [6.07, 6.45) is 5.77. The quantitative estimate of drug-likeness (QED) is 0.931. The van der Waals surface area contributed by atoms with Crippen LogP contribution in [0.15, 0.2) is 30.6 Å². The molecule has 2 aromatic rings. The number of benzene rings is 1. The Balaban J connectivity index is 1.86. The van der Waals surface area contributed by atoms with Gasteiger partial charge in [-0.2, -0.15) is 10.4 Å². The Morgan fingerprint density at radius 3 is 2.95 bits per heavy atom. The van der Waals surface area contributed by atoms with Crippen LogP contribution in [0.4, 0.5) is 0 Å². The van der Waals surface area contributed by atoms with Crippen molar-refractivity contribution in [2.45, 2.75) is 25.4 Å². The molecule has 1 saturated carbocycles. The van der Waals surface area contributed by atoms with Crippen molar-refractivity contribution in [2.75, 3.05) is 0 Å². The normalized spacial score (nSPS) is 14.3. The van der Waals surface area contributed by atoms with Crippen LogP contribution in [-0.2, 0) is 6.54 Å². The molecule has 0 bridgehead atoms. The molecule has 19 heavy (non-hydrogen) atoms. The second-order valence-electron chi connectivity index (χ2n) is 4.72. The van der Waals surface area contributed by atoms with Crippen LogP contribution >= 0.6 is 11.6 Å². The maximum absolute atomic E-state index is 9.26. The van der Waals surface area contributed by atoms with Gasteiger partial charge in [-0.25, -0.2) is 4.68 Å². The first-order chi connectivity index (χ1) is 9.26. The van der Waals surface area contributed by atoms with Gasteiger partial charge >= 0.3 is 0 Å². The largest absolute Gasteiger partial charge is 0.310 e. The molecule has 0 aliphatic heterocycles. The van der Waals surface area contributed by atoms with Crippen LogP contribution in [0.5, 0.6) is 0 Å². The van der Waals surface area contributed by atoms with Crippen LogP contribution < -0.4 is 5.32 Å². The van der Waals surface area contributed by atoms with Crippen molar-refractivity contribution >= 4 is 11.6 Å². The minimum Gasteiger partial charge on any atom is -0.310 e. The van der Waals surface area contributed by atoms with Gasteiger partial charge in [0.25, 0.3) is 0 Å². The maximum atomic E-state index is 9.26. The second kappa shape index (κ2) is 5.04. The van der Waals surface area contributed by atoms with Gasteiger partial charge in [0.15, 0.2) is 0 Å². The van der Waals surface area contributed by atoms with Gasteiger partial charge in [0.1, 0.15) is 6.07 Å². The summed E-state index contributed by atoms with van der Waals surface area (Å²) in [5.74, 6) is 0. The zero-order valence-electron chi connectivity index (χ0n) is 10.3. The summed E-state index contributed by atoms with van der Waals surface area (Å²) in [6.45, 7) is 0.805. The van der Waals surface area contributed by atoms with Crippen molar-refractivity contribution < 1.29 is 0 Å². The fourth-order valence-corrected chi connectivity index (χ4v) is 2.10. The first-order valence-corrected chi connectivity index (χ1v) is 6.61. The highest BCUT2D eigenvalue weighted by Crippen LogP contribution is 2.21. The molecule has 4 nitrogen and oxygen atoms in total. The van der Waals surface area contributed by atoms with Crippen LogP contribution in [0.2, 0.25) is 5.02 Å². The first kappa shape index (κ1) is 12.2. The van der Waals surface area contributed by atoms with Crippen molar-refractivity contribution in [1.82, 2.24) is 15.1 Å². The molecule has 1 aromatic carbocycles. The Bertz CT molecular complexity index is 637. The van der Waals surface area contributed by atoms with E-state index in [0.717, 1.165) is 17.8 Å². The average molecular weight is 273 g/mol. The average Bonchev–Trinajstić information content (AvgIpc) is 3.17. The number of nitriles is 1. The van der Waals surface area contributed by atoms with E-state index in [0.29, 0.717) is 16.6 Å². The minimum atomic E-state index is 0.559. The molecule has 1 heterocycles. The molecule has 0 saturated heterocycles. The summed E-state index contributed by atoms with van der Waals surface area (Å²) in [6, 6.07) is 8.70. The molecule has 0 amide bonds. The fraction of sp³-hybridized carbons (Fsp3) is 0.286. The highest BCUT2D eigenvalue weighted by Gasteiger charge is 2.20. The lowest BCUT2D eigenvalue weighted by Gasteiger charge is -2.07. The molecule has 96 valence electrons. The molecule has 0 unspecified atom stereocenters. The zero-order chi connectivity index (χ0) is 13.2. The third-order valence-electron chi connectivity index (χ3n) is 3.15. The molecule has 1 aliphatic rings. The predicted octanol–water partition coefficient (Wildman–Crippen LogP) is 2.65. The lowest BCUT2D eigenvalue weighted by atomic mass is 10.1. The summed E-state index contributed by atoms with van der Waals surface area (Å²) in [7, 11) is 0. The highest BCUT2D eigenvalue weighted by atomic mass is 35.5. The van der Waals surface area contributed by atoms with Crippen LogP contribution in [-0.4, -0.2) is 15.8 Å². The summed E-state index contributed by atoms with van der Waals surface area (Å²) in [5, 5.41) is 17.4. The minimum absolute atomic E-state index is 0.559. The van der Waals surface area contributed by atoms with E-state index in [1.54, 1.807) is 17.1 Å². The third kappa shape index (κ3) is 2.78. The predicted molar refractivity (Wildman–Crippen MR) is 73.2 cm³/mol. The molecule has 1 N–H and O–H groups in total. The second-order valence-corrected chi connectivity index (χ2v) is 5.16. The number of rotatable bonds is 4. The van der Waals surface area contributed by atoms with E-state index in [4.69, 9.17) is 11.6 Å². The van der Waals surface area contributed by atoms with Gasteiger partial charge in [0, 0.05) is 18.8 Å². The Morgan fingerprint density at radius 1 is 1.47 bits per heavy atom. The molecule has 0 spiro atoms. The topological polar surface area (TPSA) is 53.6 Å². The number of halogens is 1. The maximum Gasteiger partial charge on any atom is 0.101 e. The zero-order valence-corrected chi connectivity index (χ0v) is 11.1. The summed E-state index contributed by atoms with van der Waals surface area (Å²) in [5.41, 5.74) is 2.48. The molecule has 1 fully saturated rings. The van der Waals surface area contributed by atoms with E-state index in [1.165, 1.54) is 12.8 Å². The third-order valence-corrected chi connectivity index (χ3v) is 3.35. The first-order valence-electron chi connectivity index (χ1n) is 6.23. The molecule has 5 heteroatoms. The summed E-state index contributed by atoms with van der Waals surface area (Å²) < 4.78 is 1.62. The van der Waals surface area contributed by atoms with E-state index in [9.17, 15) is 5.26 Å². The molecule has 1 aromatic heterocycles. The van der Waals surface area contributed by atoms with Gasteiger partial charge in [-0.3, -0.25) is 0 Å². The smallest absolute Gasteiger partial charge is 0.101 e. The van der Waals surface area contributed by atoms with Gasteiger partial charge in [-0.1, -0.05) is 17.7 Å². The molecule has 0 radical (unpaired) electrons. The van der Waals surface area contributed by atoms with E-state index in [2.05, 4.69) is 16.5 Å². The van der Waals surface area contributed by atoms with Crippen molar-refractivity contribution in [2.24, 2.45) is 0 Å². The number of aromatic nitrogens is 2. The van der Waals surface area contributed by atoms with Crippen molar-refractivity contribution in [1.29, 1.82) is 5.26 Å². The molecular weight excluding hydrogens is 260 g/mol. The highest BCUT2D eigenvalue weighted by molar-refractivity contribution is 6.30. The van der Waals surface area contributed by atoms with Gasteiger partial charge in [0.05, 0.1) is 22.5 Å². The van der Waals surface area contributed by atoms with Crippen molar-refractivity contribution in [3.63, 3.8) is 0 Å². The summed E-state index contributed by atoms with van der Waals surface area (Å²) >= 11 is 5.85. The number of nitrogens with zero attached hydrogens (tertiary/aromatic N) is 3. The molecule has 3 rings (SSSR count). The van der Waals surface area contributed by atoms with Crippen LogP contribution in [0.3, 0.4) is 0 Å². The van der Waals surface area contributed by atoms with Crippen LogP contribution in [0.25, 0.3) is 5.69 Å². The molecule has 1 aliphatic carbocycles. The number of hydrogen-bond acceptors (Lipinski definition) is 3. The van der Waals surface area contributed by atoms with E-state index in [-0.39, 0.29) is 0 Å². The van der Waals surface area contributed by atoms with E-state index < -0.39 is 0 Å². The van der Waals surface area contributed by atoms with Gasteiger partial charge < -0.3 is 5.32 Å². The van der Waals surface area contributed by atoms with E-state index in [1.807, 2.05) is 18.2 Å². The van der Waals surface area contributed by atoms with E-state index >= 15 is 0 Å². The molecule has 0 atom stereocenters. The number of nitrogens with one attached hydrogen (secondary N) is 1. The van der Waals surface area contributed by atoms with Gasteiger partial charge in [-0.15, -0.1) is 0 Å². The Hall–Kier alpha value is -1.83. The Kier molecular flexibility index (Phi) is 3.24. The van der Waals surface area contributed by atoms with Gasteiger partial charge in [0.2, 0.25) is 0 Å². The fourth-order valence-electron chi connectivity index (χ4n) is 1.96. The SMILES string of the molecule is N#Cc1cc(CNC2CC2)ccc1-n1cc(Cl)cn1. The standard InChI is InChI=1S/C14H13ClN4/c15-12-8-18-19(9-12)14-4-1-10(5-11(14)6-16)7-17-13-2-3-13/h1,4-5,8-9,13,17H,2-3,7H2.